The zero-order chi connectivity index (χ0) is 10.4. The Balaban J connectivity index is 2.56. The predicted molar refractivity (Wildman–Crippen MR) is 59.6 cm³/mol. The summed E-state index contributed by atoms with van der Waals surface area (Å²) < 4.78 is 0. The fourth-order valence-corrected chi connectivity index (χ4v) is 1.24. The molecule has 0 fully saturated rings. The van der Waals surface area contributed by atoms with Crippen LogP contribution >= 0.6 is 11.6 Å². The highest BCUT2D eigenvalue weighted by Gasteiger charge is 1.98. The third kappa shape index (κ3) is 3.75. The molecule has 0 bridgehead atoms. The van der Waals surface area contributed by atoms with Gasteiger partial charge in [0.1, 0.15) is 0 Å². The van der Waals surface area contributed by atoms with Crippen LogP contribution in [-0.2, 0) is 11.2 Å². The van der Waals surface area contributed by atoms with E-state index in [-0.39, 0.29) is 5.78 Å². The van der Waals surface area contributed by atoms with E-state index in [1.165, 1.54) is 0 Å². The molecule has 1 rings (SSSR count). The van der Waals surface area contributed by atoms with Crippen LogP contribution in [0.5, 0.6) is 0 Å². The summed E-state index contributed by atoms with van der Waals surface area (Å²) >= 11 is 5.73. The summed E-state index contributed by atoms with van der Waals surface area (Å²) in [5.41, 5.74) is 1.00. The summed E-state index contributed by atoms with van der Waals surface area (Å²) in [5.74, 6) is 0.133. The molecule has 14 heavy (non-hydrogen) atoms. The molecule has 0 aliphatic heterocycles. The number of carbonyl (C=O) groups excluding carboxylic acids is 1. The molecule has 74 valence electrons. The van der Waals surface area contributed by atoms with Gasteiger partial charge in [0, 0.05) is 11.4 Å². The van der Waals surface area contributed by atoms with Gasteiger partial charge in [-0.05, 0) is 30.2 Å². The van der Waals surface area contributed by atoms with Crippen LogP contribution in [0.1, 0.15) is 18.9 Å². The minimum atomic E-state index is 0.133. The number of carbonyl (C=O) groups is 1. The number of rotatable bonds is 4. The average Bonchev–Trinajstić information content (AvgIpc) is 2.18. The first-order chi connectivity index (χ1) is 6.72. The van der Waals surface area contributed by atoms with Crippen LogP contribution in [0.15, 0.2) is 36.4 Å². The van der Waals surface area contributed by atoms with Crippen molar-refractivity contribution in [3.8, 4) is 0 Å². The Bertz CT molecular complexity index is 325. The normalized spacial score (nSPS) is 10.7. The van der Waals surface area contributed by atoms with Gasteiger partial charge in [-0.15, -0.1) is 0 Å². The van der Waals surface area contributed by atoms with Crippen molar-refractivity contribution in [3.63, 3.8) is 0 Å². The van der Waals surface area contributed by atoms with E-state index in [1.807, 2.05) is 25.1 Å². The molecular formula is C12H13ClO. The van der Waals surface area contributed by atoms with Gasteiger partial charge in [0.25, 0.3) is 0 Å². The fraction of sp³-hybridized carbons (Fsp3) is 0.250. The van der Waals surface area contributed by atoms with Gasteiger partial charge in [-0.2, -0.15) is 0 Å². The molecule has 0 heterocycles. The molecule has 2 heteroatoms. The number of hydrogen-bond acceptors (Lipinski definition) is 1. The van der Waals surface area contributed by atoms with Crippen molar-refractivity contribution >= 4 is 17.4 Å². The van der Waals surface area contributed by atoms with E-state index in [1.54, 1.807) is 18.2 Å². The monoisotopic (exact) mass is 208 g/mol. The third-order valence-corrected chi connectivity index (χ3v) is 2.08. The smallest absolute Gasteiger partial charge is 0.159 e. The van der Waals surface area contributed by atoms with E-state index >= 15 is 0 Å². The Morgan fingerprint density at radius 3 is 2.57 bits per heavy atom. The fourth-order valence-electron chi connectivity index (χ4n) is 1.11. The summed E-state index contributed by atoms with van der Waals surface area (Å²) in [7, 11) is 0. The number of ketones is 1. The van der Waals surface area contributed by atoms with Crippen LogP contribution < -0.4 is 0 Å². The molecule has 0 saturated carbocycles. The molecule has 0 atom stereocenters. The van der Waals surface area contributed by atoms with Gasteiger partial charge >= 0.3 is 0 Å². The Morgan fingerprint density at radius 2 is 2.00 bits per heavy atom. The first-order valence-electron chi connectivity index (χ1n) is 4.66. The average molecular weight is 209 g/mol. The molecule has 0 N–H and O–H groups in total. The number of halogens is 1. The summed E-state index contributed by atoms with van der Waals surface area (Å²) in [6.45, 7) is 2.01. The van der Waals surface area contributed by atoms with Crippen molar-refractivity contribution in [1.82, 2.24) is 0 Å². The molecular weight excluding hydrogens is 196 g/mol. The molecule has 0 saturated heterocycles. The molecule has 1 nitrogen and oxygen atoms in total. The maximum Gasteiger partial charge on any atom is 0.159 e. The van der Waals surface area contributed by atoms with Crippen LogP contribution in [0.2, 0.25) is 5.02 Å². The van der Waals surface area contributed by atoms with Crippen molar-refractivity contribution in [2.45, 2.75) is 19.8 Å². The molecule has 0 unspecified atom stereocenters. The second-order valence-corrected chi connectivity index (χ2v) is 3.52. The third-order valence-electron chi connectivity index (χ3n) is 1.83. The second-order valence-electron chi connectivity index (χ2n) is 3.08. The molecule has 0 spiro atoms. The van der Waals surface area contributed by atoms with Gasteiger partial charge in [0.05, 0.1) is 0 Å². The topological polar surface area (TPSA) is 17.1 Å². The highest BCUT2D eigenvalue weighted by molar-refractivity contribution is 6.30. The van der Waals surface area contributed by atoms with Crippen molar-refractivity contribution < 1.29 is 4.79 Å². The quantitative estimate of drug-likeness (QED) is 0.693. The number of benzene rings is 1. The van der Waals surface area contributed by atoms with Crippen molar-refractivity contribution in [2.75, 3.05) is 0 Å². The van der Waals surface area contributed by atoms with Gasteiger partial charge in [-0.1, -0.05) is 36.7 Å². The highest BCUT2D eigenvalue weighted by atomic mass is 35.5. The summed E-state index contributed by atoms with van der Waals surface area (Å²) in [5, 5.41) is 0.699. The van der Waals surface area contributed by atoms with Crippen molar-refractivity contribution in [2.24, 2.45) is 0 Å². The minimum absolute atomic E-state index is 0.133. The first-order valence-corrected chi connectivity index (χ1v) is 5.04. The maximum atomic E-state index is 11.3. The van der Waals surface area contributed by atoms with Gasteiger partial charge in [0.2, 0.25) is 0 Å². The van der Waals surface area contributed by atoms with Crippen LogP contribution in [0.4, 0.5) is 0 Å². The van der Waals surface area contributed by atoms with Crippen LogP contribution in [0.3, 0.4) is 0 Å². The largest absolute Gasteiger partial charge is 0.294 e. The second kappa shape index (κ2) is 5.61. The van der Waals surface area contributed by atoms with Crippen molar-refractivity contribution in [3.05, 3.63) is 47.0 Å². The first kappa shape index (κ1) is 11.0. The van der Waals surface area contributed by atoms with Gasteiger partial charge in [-0.25, -0.2) is 0 Å². The predicted octanol–water partition coefficient (Wildman–Crippen LogP) is 3.42. The molecule has 0 amide bonds. The SMILES string of the molecule is CC/C=C/C(=O)Cc1ccc(Cl)cc1. The van der Waals surface area contributed by atoms with E-state index in [0.29, 0.717) is 11.4 Å². The number of allylic oxidation sites excluding steroid dienone is 2. The van der Waals surface area contributed by atoms with Gasteiger partial charge in [-0.3, -0.25) is 4.79 Å². The number of hydrogen-bond donors (Lipinski definition) is 0. The van der Waals surface area contributed by atoms with E-state index < -0.39 is 0 Å². The minimum Gasteiger partial charge on any atom is -0.294 e. The molecule has 1 aromatic rings. The lowest BCUT2D eigenvalue weighted by Gasteiger charge is -1.97. The maximum absolute atomic E-state index is 11.3. The molecule has 0 aromatic heterocycles. The van der Waals surface area contributed by atoms with E-state index in [0.717, 1.165) is 12.0 Å². The lowest BCUT2D eigenvalue weighted by molar-refractivity contribution is -0.114. The lowest BCUT2D eigenvalue weighted by Crippen LogP contribution is -1.97. The Hall–Kier alpha value is -1.08. The summed E-state index contributed by atoms with van der Waals surface area (Å²) in [6.07, 6.45) is 4.85. The van der Waals surface area contributed by atoms with E-state index in [9.17, 15) is 4.79 Å². The van der Waals surface area contributed by atoms with E-state index in [2.05, 4.69) is 0 Å². The molecule has 1 aromatic carbocycles. The Labute approximate surface area is 89.4 Å². The van der Waals surface area contributed by atoms with Gasteiger partial charge < -0.3 is 0 Å². The highest BCUT2D eigenvalue weighted by Crippen LogP contribution is 2.10. The van der Waals surface area contributed by atoms with Gasteiger partial charge in [0.15, 0.2) is 5.78 Å². The molecule has 0 radical (unpaired) electrons. The van der Waals surface area contributed by atoms with Crippen LogP contribution in [-0.4, -0.2) is 5.78 Å². The standard InChI is InChI=1S/C12H13ClO/c1-2-3-4-12(14)9-10-5-7-11(13)8-6-10/h3-8H,2,9H2,1H3/b4-3+. The van der Waals surface area contributed by atoms with Crippen LogP contribution in [0.25, 0.3) is 0 Å². The summed E-state index contributed by atoms with van der Waals surface area (Å²) in [4.78, 5) is 11.3. The zero-order valence-corrected chi connectivity index (χ0v) is 8.92. The van der Waals surface area contributed by atoms with Crippen LogP contribution in [0, 0.1) is 0 Å². The summed E-state index contributed by atoms with van der Waals surface area (Å²) in [6, 6.07) is 7.35. The van der Waals surface area contributed by atoms with E-state index in [4.69, 9.17) is 11.6 Å². The Morgan fingerprint density at radius 1 is 1.36 bits per heavy atom. The molecule has 0 aliphatic rings. The lowest BCUT2D eigenvalue weighted by atomic mass is 10.1. The Kier molecular flexibility index (Phi) is 4.41. The zero-order valence-electron chi connectivity index (χ0n) is 8.16. The molecule has 0 aliphatic carbocycles. The van der Waals surface area contributed by atoms with Crippen molar-refractivity contribution in [1.29, 1.82) is 0 Å².